The minimum atomic E-state index is -4.84. The van der Waals surface area contributed by atoms with Crippen molar-refractivity contribution in [2.24, 2.45) is 7.05 Å². The highest BCUT2D eigenvalue weighted by Crippen LogP contribution is 2.41. The van der Waals surface area contributed by atoms with Crippen molar-refractivity contribution in [3.8, 4) is 11.6 Å². The molecule has 0 saturated carbocycles. The van der Waals surface area contributed by atoms with Crippen LogP contribution in [0.4, 0.5) is 26.3 Å². The Hall–Kier alpha value is -2.19. The summed E-state index contributed by atoms with van der Waals surface area (Å²) in [7, 11) is 1.49. The Balaban J connectivity index is 2.48. The van der Waals surface area contributed by atoms with Crippen molar-refractivity contribution in [2.45, 2.75) is 12.4 Å². The van der Waals surface area contributed by atoms with Crippen LogP contribution >= 0.6 is 0 Å². The third kappa shape index (κ3) is 3.47. The van der Waals surface area contributed by atoms with Crippen LogP contribution < -0.4 is 4.74 Å². The van der Waals surface area contributed by atoms with Crippen molar-refractivity contribution in [3.63, 3.8) is 0 Å². The molecule has 9 heteroatoms. The zero-order chi connectivity index (χ0) is 15.8. The molecule has 0 aliphatic rings. The molecule has 0 unspecified atom stereocenters. The lowest BCUT2D eigenvalue weighted by Crippen LogP contribution is -2.11. The number of hydrogen-bond donors (Lipinski definition) is 0. The molecule has 0 atom stereocenters. The Morgan fingerprint density at radius 1 is 1.00 bits per heavy atom. The zero-order valence-corrected chi connectivity index (χ0v) is 10.5. The van der Waals surface area contributed by atoms with Crippen LogP contribution in [0, 0.1) is 0 Å². The fraction of sp³-hybridized carbons (Fsp3) is 0.250. The van der Waals surface area contributed by atoms with Gasteiger partial charge >= 0.3 is 12.4 Å². The van der Waals surface area contributed by atoms with E-state index in [1.807, 2.05) is 0 Å². The average Bonchev–Trinajstić information content (AvgIpc) is 2.72. The molecule has 2 rings (SSSR count). The summed E-state index contributed by atoms with van der Waals surface area (Å²) < 4.78 is 82.2. The van der Waals surface area contributed by atoms with Gasteiger partial charge in [-0.05, 0) is 18.2 Å². The van der Waals surface area contributed by atoms with Crippen molar-refractivity contribution < 1.29 is 31.1 Å². The average molecular weight is 310 g/mol. The first-order valence-electron chi connectivity index (χ1n) is 5.53. The summed E-state index contributed by atoms with van der Waals surface area (Å²) in [5.74, 6) is -1.18. The quantitative estimate of drug-likeness (QED) is 0.775. The molecule has 1 heterocycles. The molecular formula is C12H8F6N2O. The molecule has 0 N–H and O–H groups in total. The lowest BCUT2D eigenvalue weighted by Gasteiger charge is -2.15. The van der Waals surface area contributed by atoms with Gasteiger partial charge in [-0.1, -0.05) is 0 Å². The Kier molecular flexibility index (Phi) is 3.60. The molecule has 2 aromatic rings. The van der Waals surface area contributed by atoms with Gasteiger partial charge in [0.2, 0.25) is 5.88 Å². The van der Waals surface area contributed by atoms with E-state index in [4.69, 9.17) is 4.74 Å². The highest BCUT2D eigenvalue weighted by molar-refractivity contribution is 5.42. The highest BCUT2D eigenvalue weighted by Gasteiger charge is 2.38. The largest absolute Gasteiger partial charge is 0.437 e. The van der Waals surface area contributed by atoms with Gasteiger partial charge in [0.25, 0.3) is 0 Å². The first kappa shape index (κ1) is 15.2. The maximum absolute atomic E-state index is 12.8. The van der Waals surface area contributed by atoms with Gasteiger partial charge in [0.1, 0.15) is 5.75 Å². The molecule has 1 aromatic heterocycles. The van der Waals surface area contributed by atoms with E-state index >= 15 is 0 Å². The van der Waals surface area contributed by atoms with Crippen molar-refractivity contribution in [1.29, 1.82) is 0 Å². The van der Waals surface area contributed by atoms with Gasteiger partial charge in [0.15, 0.2) is 0 Å². The fourth-order valence-electron chi connectivity index (χ4n) is 1.58. The van der Waals surface area contributed by atoms with E-state index < -0.39 is 29.2 Å². The molecule has 21 heavy (non-hydrogen) atoms. The molecule has 0 bridgehead atoms. The third-order valence-electron chi connectivity index (χ3n) is 2.52. The molecule has 0 aliphatic heterocycles. The summed E-state index contributed by atoms with van der Waals surface area (Å²) in [5.41, 5.74) is -2.54. The van der Waals surface area contributed by atoms with E-state index in [0.29, 0.717) is 18.2 Å². The minimum absolute atomic E-state index is 0.234. The van der Waals surface area contributed by atoms with Crippen LogP contribution in [0.15, 0.2) is 30.5 Å². The third-order valence-corrected chi connectivity index (χ3v) is 2.52. The molecule has 0 spiro atoms. The van der Waals surface area contributed by atoms with E-state index in [-0.39, 0.29) is 5.88 Å². The van der Waals surface area contributed by atoms with Gasteiger partial charge in [0, 0.05) is 19.3 Å². The summed E-state index contributed by atoms with van der Waals surface area (Å²) in [6.45, 7) is 0. The van der Waals surface area contributed by atoms with Gasteiger partial charge in [-0.15, -0.1) is 5.10 Å². The molecule has 0 aliphatic carbocycles. The SMILES string of the molecule is Cn1ccc(Oc2cc(C(F)(F)F)ccc2C(F)(F)F)n1. The van der Waals surface area contributed by atoms with Crippen molar-refractivity contribution in [3.05, 3.63) is 41.6 Å². The van der Waals surface area contributed by atoms with E-state index in [2.05, 4.69) is 5.10 Å². The Bertz CT molecular complexity index is 644. The van der Waals surface area contributed by atoms with Gasteiger partial charge in [0.05, 0.1) is 11.1 Å². The molecule has 3 nitrogen and oxygen atoms in total. The Morgan fingerprint density at radius 2 is 1.67 bits per heavy atom. The standard InChI is InChI=1S/C12H8F6N2O/c1-20-5-4-10(19-20)21-9-6-7(11(13,14)15)2-3-8(9)12(16,17)18/h2-6H,1H3. The number of ether oxygens (including phenoxy) is 1. The predicted molar refractivity (Wildman–Crippen MR) is 59.7 cm³/mol. The number of hydrogen-bond acceptors (Lipinski definition) is 2. The van der Waals surface area contributed by atoms with E-state index in [1.54, 1.807) is 0 Å². The predicted octanol–water partition coefficient (Wildman–Crippen LogP) is 4.25. The number of alkyl halides is 6. The monoisotopic (exact) mass is 310 g/mol. The summed E-state index contributed by atoms with van der Waals surface area (Å²) in [5, 5.41) is 3.67. The van der Waals surface area contributed by atoms with Crippen molar-refractivity contribution in [2.75, 3.05) is 0 Å². The Labute approximate surface area is 114 Å². The lowest BCUT2D eigenvalue weighted by atomic mass is 10.1. The van der Waals surface area contributed by atoms with Crippen LogP contribution in [0.25, 0.3) is 0 Å². The van der Waals surface area contributed by atoms with Crippen molar-refractivity contribution >= 4 is 0 Å². The topological polar surface area (TPSA) is 27.1 Å². The molecule has 114 valence electrons. The number of rotatable bonds is 2. The van der Waals surface area contributed by atoms with E-state index in [9.17, 15) is 26.3 Å². The lowest BCUT2D eigenvalue weighted by molar-refractivity contribution is -0.142. The molecule has 0 saturated heterocycles. The normalized spacial score (nSPS) is 12.5. The second kappa shape index (κ2) is 4.97. The number of halogens is 6. The maximum Gasteiger partial charge on any atom is 0.419 e. The van der Waals surface area contributed by atoms with Crippen LogP contribution in [-0.2, 0) is 19.4 Å². The summed E-state index contributed by atoms with van der Waals surface area (Å²) >= 11 is 0. The number of benzene rings is 1. The second-order valence-electron chi connectivity index (χ2n) is 4.14. The van der Waals surface area contributed by atoms with E-state index in [0.717, 1.165) is 0 Å². The number of nitrogens with zero attached hydrogens (tertiary/aromatic N) is 2. The fourth-order valence-corrected chi connectivity index (χ4v) is 1.58. The van der Waals surface area contributed by atoms with Gasteiger partial charge in [-0.3, -0.25) is 4.68 Å². The summed E-state index contributed by atoms with van der Waals surface area (Å²) in [4.78, 5) is 0. The van der Waals surface area contributed by atoms with Crippen LogP contribution in [0.2, 0.25) is 0 Å². The van der Waals surface area contributed by atoms with Crippen molar-refractivity contribution in [1.82, 2.24) is 9.78 Å². The van der Waals surface area contributed by atoms with Gasteiger partial charge < -0.3 is 4.74 Å². The first-order valence-corrected chi connectivity index (χ1v) is 5.53. The maximum atomic E-state index is 12.8. The smallest absolute Gasteiger partial charge is 0.419 e. The molecule has 1 aromatic carbocycles. The molecule has 0 fully saturated rings. The Morgan fingerprint density at radius 3 is 2.14 bits per heavy atom. The van der Waals surface area contributed by atoms with E-state index in [1.165, 1.54) is 24.0 Å². The van der Waals surface area contributed by atoms with Crippen LogP contribution in [0.1, 0.15) is 11.1 Å². The van der Waals surface area contributed by atoms with Crippen LogP contribution in [-0.4, -0.2) is 9.78 Å². The highest BCUT2D eigenvalue weighted by atomic mass is 19.4. The number of aryl methyl sites for hydroxylation is 1. The second-order valence-corrected chi connectivity index (χ2v) is 4.14. The molecule has 0 amide bonds. The molecular weight excluding hydrogens is 302 g/mol. The first-order chi connectivity index (χ1) is 9.57. The minimum Gasteiger partial charge on any atom is -0.437 e. The summed E-state index contributed by atoms with van der Waals surface area (Å²) in [6, 6.07) is 2.23. The van der Waals surface area contributed by atoms with Gasteiger partial charge in [-0.2, -0.15) is 26.3 Å². The summed E-state index contributed by atoms with van der Waals surface area (Å²) in [6.07, 6.45) is -8.23. The van der Waals surface area contributed by atoms with Gasteiger partial charge in [-0.25, -0.2) is 0 Å². The molecule has 0 radical (unpaired) electrons. The zero-order valence-electron chi connectivity index (χ0n) is 10.5. The van der Waals surface area contributed by atoms with Crippen LogP contribution in [0.5, 0.6) is 11.6 Å². The van der Waals surface area contributed by atoms with Crippen LogP contribution in [0.3, 0.4) is 0 Å². The number of aromatic nitrogens is 2.